The second kappa shape index (κ2) is 7.96. The van der Waals surface area contributed by atoms with E-state index in [1.807, 2.05) is 11.0 Å². The van der Waals surface area contributed by atoms with Gasteiger partial charge in [-0.15, -0.1) is 0 Å². The first-order chi connectivity index (χ1) is 13.1. The van der Waals surface area contributed by atoms with Crippen LogP contribution in [0.1, 0.15) is 15.9 Å². The van der Waals surface area contributed by atoms with Crippen molar-refractivity contribution >= 4 is 11.6 Å². The maximum atomic E-state index is 13.8. The molecule has 0 saturated carbocycles. The molecule has 0 radical (unpaired) electrons. The highest BCUT2D eigenvalue weighted by atomic mass is 19.1. The summed E-state index contributed by atoms with van der Waals surface area (Å²) in [6, 6.07) is 11.6. The average Bonchev–Trinajstić information content (AvgIpc) is 2.72. The molecule has 7 heteroatoms. The van der Waals surface area contributed by atoms with Gasteiger partial charge in [0, 0.05) is 37.8 Å². The van der Waals surface area contributed by atoms with Crippen LogP contribution >= 0.6 is 0 Å². The molecular formula is C20H20FN3O3. The Hall–Kier alpha value is -3.27. The lowest BCUT2D eigenvalue weighted by molar-refractivity contribution is 0.0746. The predicted octanol–water partition coefficient (Wildman–Crippen LogP) is 2.68. The number of anilines is 1. The van der Waals surface area contributed by atoms with Crippen molar-refractivity contribution in [2.45, 2.75) is 0 Å². The lowest BCUT2D eigenvalue weighted by atomic mass is 10.1. The van der Waals surface area contributed by atoms with Gasteiger partial charge >= 0.3 is 0 Å². The van der Waals surface area contributed by atoms with Crippen LogP contribution in [0.4, 0.5) is 10.1 Å². The fourth-order valence-corrected chi connectivity index (χ4v) is 3.15. The molecule has 3 rings (SSSR count). The van der Waals surface area contributed by atoms with Gasteiger partial charge in [-0.2, -0.15) is 5.26 Å². The van der Waals surface area contributed by atoms with Gasteiger partial charge in [0.1, 0.15) is 28.9 Å². The van der Waals surface area contributed by atoms with E-state index >= 15 is 0 Å². The summed E-state index contributed by atoms with van der Waals surface area (Å²) >= 11 is 0. The van der Waals surface area contributed by atoms with Crippen LogP contribution in [0.3, 0.4) is 0 Å². The minimum Gasteiger partial charge on any atom is -0.497 e. The summed E-state index contributed by atoms with van der Waals surface area (Å²) in [4.78, 5) is 16.5. The van der Waals surface area contributed by atoms with Gasteiger partial charge in [-0.25, -0.2) is 4.39 Å². The van der Waals surface area contributed by atoms with E-state index in [1.54, 1.807) is 35.2 Å². The number of nitriles is 1. The Kier molecular flexibility index (Phi) is 5.46. The molecule has 1 aliphatic rings. The molecule has 0 aromatic heterocycles. The summed E-state index contributed by atoms with van der Waals surface area (Å²) in [6.45, 7) is 1.98. The zero-order valence-corrected chi connectivity index (χ0v) is 15.2. The third kappa shape index (κ3) is 3.80. The summed E-state index contributed by atoms with van der Waals surface area (Å²) in [5.41, 5.74) is 1.09. The van der Waals surface area contributed by atoms with E-state index in [2.05, 4.69) is 0 Å². The molecule has 2 aromatic rings. The number of nitrogens with zero attached hydrogens (tertiary/aromatic N) is 3. The summed E-state index contributed by atoms with van der Waals surface area (Å²) in [7, 11) is 3.07. The van der Waals surface area contributed by atoms with E-state index in [4.69, 9.17) is 9.47 Å². The van der Waals surface area contributed by atoms with E-state index < -0.39 is 5.82 Å². The number of rotatable bonds is 4. The van der Waals surface area contributed by atoms with Gasteiger partial charge in [-0.3, -0.25) is 4.79 Å². The molecule has 0 aliphatic carbocycles. The fraction of sp³-hybridized carbons (Fsp3) is 0.300. The van der Waals surface area contributed by atoms with Crippen molar-refractivity contribution in [2.75, 3.05) is 45.3 Å². The number of halogens is 1. The van der Waals surface area contributed by atoms with Crippen molar-refractivity contribution in [3.8, 4) is 17.6 Å². The minimum atomic E-state index is -0.531. The SMILES string of the molecule is COc1cc(OC)cc(C(=O)N2CCN(c3cccc(F)c3C#N)CC2)c1. The molecule has 0 atom stereocenters. The van der Waals surface area contributed by atoms with Crippen LogP contribution < -0.4 is 14.4 Å². The average molecular weight is 369 g/mol. The van der Waals surface area contributed by atoms with Crippen molar-refractivity contribution in [3.05, 3.63) is 53.3 Å². The molecule has 1 heterocycles. The lowest BCUT2D eigenvalue weighted by Crippen LogP contribution is -2.49. The van der Waals surface area contributed by atoms with Gasteiger partial charge in [0.05, 0.1) is 19.9 Å². The molecule has 0 N–H and O–H groups in total. The van der Waals surface area contributed by atoms with Crippen LogP contribution in [0.5, 0.6) is 11.5 Å². The van der Waals surface area contributed by atoms with Crippen molar-refractivity contribution < 1.29 is 18.7 Å². The molecule has 6 nitrogen and oxygen atoms in total. The number of ether oxygens (including phenoxy) is 2. The van der Waals surface area contributed by atoms with Crippen molar-refractivity contribution in [1.29, 1.82) is 5.26 Å². The third-order valence-electron chi connectivity index (χ3n) is 4.61. The van der Waals surface area contributed by atoms with Gasteiger partial charge in [0.2, 0.25) is 0 Å². The predicted molar refractivity (Wildman–Crippen MR) is 98.8 cm³/mol. The maximum absolute atomic E-state index is 13.8. The van der Waals surface area contributed by atoms with Gasteiger partial charge in [-0.05, 0) is 24.3 Å². The molecule has 2 aromatic carbocycles. The molecule has 1 fully saturated rings. The maximum Gasteiger partial charge on any atom is 0.254 e. The zero-order chi connectivity index (χ0) is 19.4. The number of hydrogen-bond donors (Lipinski definition) is 0. The summed E-state index contributed by atoms with van der Waals surface area (Å²) < 4.78 is 24.3. The number of hydrogen-bond acceptors (Lipinski definition) is 5. The first kappa shape index (κ1) is 18.5. The zero-order valence-electron chi connectivity index (χ0n) is 15.2. The van der Waals surface area contributed by atoms with Crippen molar-refractivity contribution in [2.24, 2.45) is 0 Å². The van der Waals surface area contributed by atoms with E-state index in [-0.39, 0.29) is 11.5 Å². The largest absolute Gasteiger partial charge is 0.497 e. The molecule has 0 spiro atoms. The standard InChI is InChI=1S/C20H20FN3O3/c1-26-15-10-14(11-16(12-15)27-2)20(25)24-8-6-23(7-9-24)19-5-3-4-18(21)17(19)13-22/h3-5,10-12H,6-9H2,1-2H3. The molecule has 140 valence electrons. The van der Waals surface area contributed by atoms with Crippen molar-refractivity contribution in [3.63, 3.8) is 0 Å². The molecule has 27 heavy (non-hydrogen) atoms. The Labute approximate surface area is 157 Å². The first-order valence-corrected chi connectivity index (χ1v) is 8.53. The molecule has 1 saturated heterocycles. The van der Waals surface area contributed by atoms with Crippen molar-refractivity contribution in [1.82, 2.24) is 4.90 Å². The second-order valence-electron chi connectivity index (χ2n) is 6.13. The quantitative estimate of drug-likeness (QED) is 0.829. The van der Waals surface area contributed by atoms with Gasteiger partial charge < -0.3 is 19.3 Å². The van der Waals surface area contributed by atoms with E-state index in [0.29, 0.717) is 48.9 Å². The number of carbonyl (C=O) groups is 1. The molecule has 0 unspecified atom stereocenters. The monoisotopic (exact) mass is 369 g/mol. The van der Waals surface area contributed by atoms with Gasteiger partial charge in [0.25, 0.3) is 5.91 Å². The topological polar surface area (TPSA) is 65.8 Å². The van der Waals surface area contributed by atoms with Crippen LogP contribution in [0, 0.1) is 17.1 Å². The molecular weight excluding hydrogens is 349 g/mol. The number of methoxy groups -OCH3 is 2. The van der Waals surface area contributed by atoms with Crippen LogP contribution in [0.25, 0.3) is 0 Å². The smallest absolute Gasteiger partial charge is 0.254 e. The third-order valence-corrected chi connectivity index (χ3v) is 4.61. The molecule has 0 bridgehead atoms. The van der Waals surface area contributed by atoms with E-state index in [9.17, 15) is 14.4 Å². The molecule has 1 aliphatic heterocycles. The van der Waals surface area contributed by atoms with Crippen LogP contribution in [-0.2, 0) is 0 Å². The Morgan fingerprint density at radius 2 is 1.70 bits per heavy atom. The van der Waals surface area contributed by atoms with Crippen LogP contribution in [-0.4, -0.2) is 51.2 Å². The van der Waals surface area contributed by atoms with E-state index in [1.165, 1.54) is 20.3 Å². The lowest BCUT2D eigenvalue weighted by Gasteiger charge is -2.36. The second-order valence-corrected chi connectivity index (χ2v) is 6.13. The Bertz CT molecular complexity index is 864. The van der Waals surface area contributed by atoms with Crippen LogP contribution in [0.2, 0.25) is 0 Å². The Morgan fingerprint density at radius 1 is 1.07 bits per heavy atom. The van der Waals surface area contributed by atoms with Gasteiger partial charge in [-0.1, -0.05) is 6.07 Å². The first-order valence-electron chi connectivity index (χ1n) is 8.53. The van der Waals surface area contributed by atoms with Gasteiger partial charge in [0.15, 0.2) is 0 Å². The highest BCUT2D eigenvalue weighted by Crippen LogP contribution is 2.26. The minimum absolute atomic E-state index is 0.0369. The Morgan fingerprint density at radius 3 is 2.26 bits per heavy atom. The Balaban J connectivity index is 1.74. The summed E-state index contributed by atoms with van der Waals surface area (Å²) in [5, 5.41) is 9.21. The molecule has 1 amide bonds. The summed E-state index contributed by atoms with van der Waals surface area (Å²) in [5.74, 6) is 0.452. The number of carbonyl (C=O) groups excluding carboxylic acids is 1. The summed E-state index contributed by atoms with van der Waals surface area (Å²) in [6.07, 6.45) is 0. The normalized spacial score (nSPS) is 13.9. The number of amides is 1. The highest BCUT2D eigenvalue weighted by Gasteiger charge is 2.25. The van der Waals surface area contributed by atoms with Crippen LogP contribution in [0.15, 0.2) is 36.4 Å². The number of piperazine rings is 1. The fourth-order valence-electron chi connectivity index (χ4n) is 3.15. The van der Waals surface area contributed by atoms with E-state index in [0.717, 1.165) is 0 Å². The number of benzene rings is 2. The highest BCUT2D eigenvalue weighted by molar-refractivity contribution is 5.95.